The molecular weight excluding hydrogens is 212 g/mol. The van der Waals surface area contributed by atoms with E-state index in [4.69, 9.17) is 5.26 Å². The molecular formula is C13H18N4. The molecule has 1 saturated heterocycles. The average Bonchev–Trinajstić information content (AvgIpc) is 2.32. The van der Waals surface area contributed by atoms with Gasteiger partial charge in [0.15, 0.2) is 0 Å². The van der Waals surface area contributed by atoms with Gasteiger partial charge in [0.2, 0.25) is 0 Å². The number of nitrogens with one attached hydrogen (secondary N) is 1. The van der Waals surface area contributed by atoms with E-state index >= 15 is 0 Å². The molecule has 1 aliphatic rings. The Hall–Kier alpha value is -1.60. The molecule has 2 rings (SSSR count). The summed E-state index contributed by atoms with van der Waals surface area (Å²) < 4.78 is 0. The van der Waals surface area contributed by atoms with Crippen LogP contribution in [0.15, 0.2) is 12.1 Å². The van der Waals surface area contributed by atoms with Crippen molar-refractivity contribution < 1.29 is 0 Å². The van der Waals surface area contributed by atoms with E-state index in [1.165, 1.54) is 0 Å². The topological polar surface area (TPSA) is 52.0 Å². The van der Waals surface area contributed by atoms with Gasteiger partial charge in [0.1, 0.15) is 11.9 Å². The first kappa shape index (κ1) is 11.9. The standard InChI is InChI=1S/C13H18N4/c1-10-3-4-11(9-14)13(15-10)16-12-5-7-17(2)8-6-12/h3-4,12H,5-8H2,1-2H3,(H,15,16). The SMILES string of the molecule is Cc1ccc(C#N)c(NC2CCN(C)CC2)n1. The molecule has 0 saturated carbocycles. The number of aryl methyl sites for hydroxylation is 1. The van der Waals surface area contributed by atoms with Crippen molar-refractivity contribution in [3.05, 3.63) is 23.4 Å². The number of piperidine rings is 1. The number of hydrogen-bond donors (Lipinski definition) is 1. The number of likely N-dealkylation sites (tertiary alicyclic amines) is 1. The first-order valence-corrected chi connectivity index (χ1v) is 6.02. The van der Waals surface area contributed by atoms with E-state index in [0.717, 1.165) is 37.4 Å². The van der Waals surface area contributed by atoms with Crippen molar-refractivity contribution in [3.8, 4) is 6.07 Å². The number of nitriles is 1. The highest BCUT2D eigenvalue weighted by Gasteiger charge is 2.17. The molecule has 2 heterocycles. The summed E-state index contributed by atoms with van der Waals surface area (Å²) >= 11 is 0. The lowest BCUT2D eigenvalue weighted by molar-refractivity contribution is 0.263. The average molecular weight is 230 g/mol. The van der Waals surface area contributed by atoms with E-state index in [9.17, 15) is 0 Å². The Balaban J connectivity index is 2.08. The molecule has 1 aromatic rings. The Morgan fingerprint density at radius 2 is 2.12 bits per heavy atom. The van der Waals surface area contributed by atoms with Gasteiger partial charge in [0, 0.05) is 11.7 Å². The number of pyridine rings is 1. The minimum Gasteiger partial charge on any atom is -0.366 e. The van der Waals surface area contributed by atoms with Gasteiger partial charge in [-0.2, -0.15) is 5.26 Å². The first-order valence-electron chi connectivity index (χ1n) is 6.02. The van der Waals surface area contributed by atoms with E-state index in [-0.39, 0.29) is 0 Å². The van der Waals surface area contributed by atoms with Crippen molar-refractivity contribution in [2.75, 3.05) is 25.5 Å². The quantitative estimate of drug-likeness (QED) is 0.841. The number of rotatable bonds is 2. The Morgan fingerprint density at radius 1 is 1.41 bits per heavy atom. The van der Waals surface area contributed by atoms with E-state index < -0.39 is 0 Å². The maximum atomic E-state index is 9.04. The fourth-order valence-corrected chi connectivity index (χ4v) is 2.10. The molecule has 0 aromatic carbocycles. The molecule has 0 aliphatic carbocycles. The molecule has 4 nitrogen and oxygen atoms in total. The molecule has 0 bridgehead atoms. The van der Waals surface area contributed by atoms with E-state index in [1.807, 2.05) is 19.1 Å². The van der Waals surface area contributed by atoms with Gasteiger partial charge >= 0.3 is 0 Å². The lowest BCUT2D eigenvalue weighted by atomic mass is 10.1. The largest absolute Gasteiger partial charge is 0.366 e. The summed E-state index contributed by atoms with van der Waals surface area (Å²) in [7, 11) is 2.14. The summed E-state index contributed by atoms with van der Waals surface area (Å²) in [5.74, 6) is 0.738. The lowest BCUT2D eigenvalue weighted by Gasteiger charge is -2.30. The van der Waals surface area contributed by atoms with Crippen LogP contribution in [0, 0.1) is 18.3 Å². The summed E-state index contributed by atoms with van der Waals surface area (Å²) in [5.41, 5.74) is 1.58. The van der Waals surface area contributed by atoms with E-state index in [0.29, 0.717) is 11.6 Å². The fourth-order valence-electron chi connectivity index (χ4n) is 2.10. The van der Waals surface area contributed by atoms with E-state index in [2.05, 4.69) is 28.3 Å². The zero-order chi connectivity index (χ0) is 12.3. The molecule has 1 aromatic heterocycles. The lowest BCUT2D eigenvalue weighted by Crippen LogP contribution is -2.37. The maximum absolute atomic E-state index is 9.04. The van der Waals surface area contributed by atoms with Crippen LogP contribution in [-0.2, 0) is 0 Å². The second kappa shape index (κ2) is 5.15. The van der Waals surface area contributed by atoms with Crippen LogP contribution in [0.5, 0.6) is 0 Å². The van der Waals surface area contributed by atoms with Gasteiger partial charge in [-0.1, -0.05) is 0 Å². The van der Waals surface area contributed by atoms with Crippen molar-refractivity contribution in [2.24, 2.45) is 0 Å². The Morgan fingerprint density at radius 3 is 2.76 bits per heavy atom. The van der Waals surface area contributed by atoms with Crippen molar-refractivity contribution in [2.45, 2.75) is 25.8 Å². The predicted molar refractivity (Wildman–Crippen MR) is 67.8 cm³/mol. The molecule has 1 aliphatic heterocycles. The second-order valence-electron chi connectivity index (χ2n) is 4.68. The molecule has 0 unspecified atom stereocenters. The van der Waals surface area contributed by atoms with Crippen LogP contribution in [0.4, 0.5) is 5.82 Å². The Bertz CT molecular complexity index is 428. The van der Waals surface area contributed by atoms with Gasteiger partial charge in [-0.3, -0.25) is 0 Å². The third kappa shape index (κ3) is 2.95. The summed E-state index contributed by atoms with van der Waals surface area (Å²) in [5, 5.41) is 12.4. The van der Waals surface area contributed by atoms with Crippen LogP contribution in [0.25, 0.3) is 0 Å². The molecule has 0 radical (unpaired) electrons. The number of anilines is 1. The summed E-state index contributed by atoms with van der Waals surface area (Å²) in [6, 6.07) is 6.33. The number of nitrogens with zero attached hydrogens (tertiary/aromatic N) is 3. The van der Waals surface area contributed by atoms with Crippen molar-refractivity contribution >= 4 is 5.82 Å². The monoisotopic (exact) mass is 230 g/mol. The third-order valence-electron chi connectivity index (χ3n) is 3.21. The summed E-state index contributed by atoms with van der Waals surface area (Å²) in [6.45, 7) is 4.15. The smallest absolute Gasteiger partial charge is 0.144 e. The van der Waals surface area contributed by atoms with Gasteiger partial charge in [-0.25, -0.2) is 4.98 Å². The van der Waals surface area contributed by atoms with Gasteiger partial charge in [-0.15, -0.1) is 0 Å². The highest BCUT2D eigenvalue weighted by atomic mass is 15.1. The maximum Gasteiger partial charge on any atom is 0.144 e. The highest BCUT2D eigenvalue weighted by Crippen LogP contribution is 2.18. The van der Waals surface area contributed by atoms with Crippen LogP contribution >= 0.6 is 0 Å². The molecule has 90 valence electrons. The summed E-state index contributed by atoms with van der Waals surface area (Å²) in [6.07, 6.45) is 2.22. The third-order valence-corrected chi connectivity index (χ3v) is 3.21. The van der Waals surface area contributed by atoms with Crippen LogP contribution in [-0.4, -0.2) is 36.1 Å². The molecule has 17 heavy (non-hydrogen) atoms. The molecule has 1 N–H and O–H groups in total. The second-order valence-corrected chi connectivity index (χ2v) is 4.68. The van der Waals surface area contributed by atoms with Crippen LogP contribution < -0.4 is 5.32 Å². The highest BCUT2D eigenvalue weighted by molar-refractivity contribution is 5.52. The van der Waals surface area contributed by atoms with Crippen LogP contribution in [0.2, 0.25) is 0 Å². The van der Waals surface area contributed by atoms with Gasteiger partial charge in [0.25, 0.3) is 0 Å². The van der Waals surface area contributed by atoms with Crippen molar-refractivity contribution in [3.63, 3.8) is 0 Å². The van der Waals surface area contributed by atoms with Gasteiger partial charge in [-0.05, 0) is 52.0 Å². The number of aromatic nitrogens is 1. The fraction of sp³-hybridized carbons (Fsp3) is 0.538. The molecule has 0 atom stereocenters. The Kier molecular flexibility index (Phi) is 3.60. The molecule has 0 spiro atoms. The first-order chi connectivity index (χ1) is 8.19. The van der Waals surface area contributed by atoms with Gasteiger partial charge < -0.3 is 10.2 Å². The van der Waals surface area contributed by atoms with E-state index in [1.54, 1.807) is 0 Å². The van der Waals surface area contributed by atoms with Crippen molar-refractivity contribution in [1.29, 1.82) is 5.26 Å². The minimum absolute atomic E-state index is 0.438. The normalized spacial score (nSPS) is 17.7. The van der Waals surface area contributed by atoms with Gasteiger partial charge in [0.05, 0.1) is 5.56 Å². The summed E-state index contributed by atoms with van der Waals surface area (Å²) in [4.78, 5) is 6.74. The molecule has 0 amide bonds. The Labute approximate surface area is 102 Å². The molecule has 4 heteroatoms. The van der Waals surface area contributed by atoms with Crippen LogP contribution in [0.3, 0.4) is 0 Å². The van der Waals surface area contributed by atoms with Crippen LogP contribution in [0.1, 0.15) is 24.1 Å². The molecule has 1 fully saturated rings. The number of hydrogen-bond acceptors (Lipinski definition) is 4. The zero-order valence-electron chi connectivity index (χ0n) is 10.4. The van der Waals surface area contributed by atoms with Crippen molar-refractivity contribution in [1.82, 2.24) is 9.88 Å². The minimum atomic E-state index is 0.438. The predicted octanol–water partition coefficient (Wildman–Crippen LogP) is 1.77. The zero-order valence-corrected chi connectivity index (χ0v) is 10.4.